The van der Waals surface area contributed by atoms with E-state index in [-0.39, 0.29) is 9.92 Å². The van der Waals surface area contributed by atoms with Gasteiger partial charge in [-0.2, -0.15) is 8.42 Å². The second kappa shape index (κ2) is 4.18. The fraction of sp³-hybridized carbons (Fsp3) is 0.0909. The van der Waals surface area contributed by atoms with Crippen LogP contribution in [0.15, 0.2) is 35.2 Å². The Morgan fingerprint density at radius 3 is 2.53 bits per heavy atom. The SMILES string of the molecule is CNc1ccc(Cl)c2c(S(=O)(=O)O)cccc12. The molecule has 0 heterocycles. The zero-order valence-electron chi connectivity index (χ0n) is 8.94. The Labute approximate surface area is 104 Å². The van der Waals surface area contributed by atoms with Crippen molar-refractivity contribution in [2.75, 3.05) is 12.4 Å². The smallest absolute Gasteiger partial charge is 0.295 e. The Morgan fingerprint density at radius 1 is 1.24 bits per heavy atom. The Balaban J connectivity index is 2.99. The quantitative estimate of drug-likeness (QED) is 0.825. The van der Waals surface area contributed by atoms with E-state index in [1.54, 1.807) is 31.3 Å². The maximum atomic E-state index is 11.3. The van der Waals surface area contributed by atoms with Crippen LogP contribution in [0.1, 0.15) is 0 Å². The lowest BCUT2D eigenvalue weighted by Crippen LogP contribution is -2.00. The van der Waals surface area contributed by atoms with Crippen molar-refractivity contribution in [3.05, 3.63) is 35.4 Å². The summed E-state index contributed by atoms with van der Waals surface area (Å²) in [5, 5.41) is 4.20. The number of benzene rings is 2. The zero-order chi connectivity index (χ0) is 12.6. The van der Waals surface area contributed by atoms with Crippen LogP contribution in [0.4, 0.5) is 5.69 Å². The number of hydrogen-bond donors (Lipinski definition) is 2. The molecule has 17 heavy (non-hydrogen) atoms. The molecule has 0 aromatic heterocycles. The van der Waals surface area contributed by atoms with E-state index in [1.807, 2.05) is 0 Å². The van der Waals surface area contributed by atoms with Crippen molar-refractivity contribution in [1.82, 2.24) is 0 Å². The second-order valence-electron chi connectivity index (χ2n) is 3.50. The fourth-order valence-corrected chi connectivity index (χ4v) is 2.82. The third-order valence-electron chi connectivity index (χ3n) is 2.50. The molecule has 2 aromatic carbocycles. The average molecular weight is 272 g/mol. The highest BCUT2D eigenvalue weighted by molar-refractivity contribution is 7.86. The first-order chi connectivity index (χ1) is 7.95. The molecule has 0 bridgehead atoms. The summed E-state index contributed by atoms with van der Waals surface area (Å²) >= 11 is 5.99. The van der Waals surface area contributed by atoms with Crippen molar-refractivity contribution < 1.29 is 13.0 Å². The third-order valence-corrected chi connectivity index (χ3v) is 3.71. The van der Waals surface area contributed by atoms with Crippen molar-refractivity contribution in [3.8, 4) is 0 Å². The maximum absolute atomic E-state index is 11.3. The molecule has 2 N–H and O–H groups in total. The summed E-state index contributed by atoms with van der Waals surface area (Å²) in [6.45, 7) is 0. The molecule has 0 saturated heterocycles. The van der Waals surface area contributed by atoms with Gasteiger partial charge in [0.15, 0.2) is 0 Å². The number of hydrogen-bond acceptors (Lipinski definition) is 3. The zero-order valence-corrected chi connectivity index (χ0v) is 10.5. The van der Waals surface area contributed by atoms with Gasteiger partial charge in [0.2, 0.25) is 0 Å². The van der Waals surface area contributed by atoms with Crippen LogP contribution in [0.2, 0.25) is 5.02 Å². The topological polar surface area (TPSA) is 66.4 Å². The molecule has 0 fully saturated rings. The Hall–Kier alpha value is -1.30. The Bertz CT molecular complexity index is 682. The lowest BCUT2D eigenvalue weighted by Gasteiger charge is -2.10. The number of halogens is 1. The number of rotatable bonds is 2. The molecular formula is C11H10ClNO3S. The molecule has 2 rings (SSSR count). The molecule has 0 spiro atoms. The summed E-state index contributed by atoms with van der Waals surface area (Å²) in [5.74, 6) is 0. The van der Waals surface area contributed by atoms with E-state index in [1.165, 1.54) is 6.07 Å². The summed E-state index contributed by atoms with van der Waals surface area (Å²) < 4.78 is 31.7. The normalized spacial score (nSPS) is 11.7. The predicted molar refractivity (Wildman–Crippen MR) is 68.3 cm³/mol. The maximum Gasteiger partial charge on any atom is 0.295 e. The fourth-order valence-electron chi connectivity index (χ4n) is 1.76. The molecule has 0 saturated carbocycles. The summed E-state index contributed by atoms with van der Waals surface area (Å²) in [6.07, 6.45) is 0. The molecule has 0 aliphatic heterocycles. The summed E-state index contributed by atoms with van der Waals surface area (Å²) in [5.41, 5.74) is 0.745. The molecule has 0 radical (unpaired) electrons. The van der Waals surface area contributed by atoms with Crippen LogP contribution in [-0.2, 0) is 10.1 Å². The molecule has 4 nitrogen and oxygen atoms in total. The molecule has 0 atom stereocenters. The highest BCUT2D eigenvalue weighted by Crippen LogP contribution is 2.34. The van der Waals surface area contributed by atoms with Crippen LogP contribution in [0.3, 0.4) is 0 Å². The van der Waals surface area contributed by atoms with Gasteiger partial charge in [0.05, 0.1) is 0 Å². The minimum Gasteiger partial charge on any atom is -0.388 e. The van der Waals surface area contributed by atoms with E-state index in [9.17, 15) is 8.42 Å². The van der Waals surface area contributed by atoms with Crippen LogP contribution in [-0.4, -0.2) is 20.0 Å². The van der Waals surface area contributed by atoms with Gasteiger partial charge in [0.25, 0.3) is 10.1 Å². The predicted octanol–water partition coefficient (Wildman–Crippen LogP) is 2.78. The number of anilines is 1. The van der Waals surface area contributed by atoms with E-state index in [4.69, 9.17) is 16.2 Å². The number of fused-ring (bicyclic) bond motifs is 1. The molecule has 6 heteroatoms. The van der Waals surface area contributed by atoms with Gasteiger partial charge in [-0.3, -0.25) is 4.55 Å². The molecule has 0 amide bonds. The van der Waals surface area contributed by atoms with Crippen molar-refractivity contribution >= 4 is 38.2 Å². The largest absolute Gasteiger partial charge is 0.388 e. The lowest BCUT2D eigenvalue weighted by atomic mass is 10.1. The van der Waals surface area contributed by atoms with Gasteiger partial charge in [-0.25, -0.2) is 0 Å². The molecule has 90 valence electrons. The second-order valence-corrected chi connectivity index (χ2v) is 5.30. The van der Waals surface area contributed by atoms with Crippen molar-refractivity contribution in [1.29, 1.82) is 0 Å². The molecule has 0 unspecified atom stereocenters. The highest BCUT2D eigenvalue weighted by Gasteiger charge is 2.17. The van der Waals surface area contributed by atoms with Crippen LogP contribution in [0, 0.1) is 0 Å². The standard InChI is InChI=1S/C11H10ClNO3S/c1-13-9-6-5-8(12)11-7(9)3-2-4-10(11)17(14,15)16/h2-6,13H,1H3,(H,14,15,16). The van der Waals surface area contributed by atoms with E-state index in [0.717, 1.165) is 5.69 Å². The van der Waals surface area contributed by atoms with Gasteiger partial charge < -0.3 is 5.32 Å². The van der Waals surface area contributed by atoms with Crippen molar-refractivity contribution in [3.63, 3.8) is 0 Å². The monoisotopic (exact) mass is 271 g/mol. The molecule has 0 aliphatic rings. The average Bonchev–Trinajstić information content (AvgIpc) is 2.28. The molecule has 0 aliphatic carbocycles. The van der Waals surface area contributed by atoms with E-state index in [0.29, 0.717) is 10.8 Å². The lowest BCUT2D eigenvalue weighted by molar-refractivity contribution is 0.484. The first kappa shape index (κ1) is 12.2. The summed E-state index contributed by atoms with van der Waals surface area (Å²) in [7, 11) is -2.56. The van der Waals surface area contributed by atoms with E-state index < -0.39 is 10.1 Å². The Morgan fingerprint density at radius 2 is 1.94 bits per heavy atom. The van der Waals surface area contributed by atoms with Gasteiger partial charge in [-0.15, -0.1) is 0 Å². The van der Waals surface area contributed by atoms with Crippen molar-refractivity contribution in [2.24, 2.45) is 0 Å². The van der Waals surface area contributed by atoms with Gasteiger partial charge in [0, 0.05) is 28.5 Å². The highest BCUT2D eigenvalue weighted by atomic mass is 35.5. The van der Waals surface area contributed by atoms with Crippen molar-refractivity contribution in [2.45, 2.75) is 4.90 Å². The Kier molecular flexibility index (Phi) is 2.99. The van der Waals surface area contributed by atoms with E-state index >= 15 is 0 Å². The molecular weight excluding hydrogens is 262 g/mol. The first-order valence-corrected chi connectivity index (χ1v) is 6.63. The summed E-state index contributed by atoms with van der Waals surface area (Å²) in [6, 6.07) is 7.95. The van der Waals surface area contributed by atoms with Gasteiger partial charge in [0.1, 0.15) is 4.90 Å². The third kappa shape index (κ3) is 2.09. The minimum absolute atomic E-state index is 0.183. The number of nitrogens with one attached hydrogen (secondary N) is 1. The molecule has 2 aromatic rings. The van der Waals surface area contributed by atoms with Crippen LogP contribution >= 0.6 is 11.6 Å². The minimum atomic E-state index is -4.29. The van der Waals surface area contributed by atoms with Gasteiger partial charge in [-0.05, 0) is 18.2 Å². The van der Waals surface area contributed by atoms with Crippen LogP contribution in [0.5, 0.6) is 0 Å². The van der Waals surface area contributed by atoms with Crippen LogP contribution in [0.25, 0.3) is 10.8 Å². The summed E-state index contributed by atoms with van der Waals surface area (Å²) in [4.78, 5) is -0.183. The van der Waals surface area contributed by atoms with Gasteiger partial charge in [-0.1, -0.05) is 23.7 Å². The van der Waals surface area contributed by atoms with Gasteiger partial charge >= 0.3 is 0 Å². The van der Waals surface area contributed by atoms with Crippen LogP contribution < -0.4 is 5.32 Å². The van der Waals surface area contributed by atoms with E-state index in [2.05, 4.69) is 5.32 Å². The first-order valence-electron chi connectivity index (χ1n) is 4.81.